The van der Waals surface area contributed by atoms with Crippen LogP contribution in [-0.2, 0) is 4.74 Å². The average molecular weight is 349 g/mol. The van der Waals surface area contributed by atoms with Crippen molar-refractivity contribution in [1.29, 1.82) is 0 Å². The maximum Gasteiger partial charge on any atom is 0.337 e. The minimum atomic E-state index is -0.404. The molecule has 1 aromatic heterocycles. The number of anilines is 1. The van der Waals surface area contributed by atoms with E-state index in [-0.39, 0.29) is 6.10 Å². The van der Waals surface area contributed by atoms with Crippen LogP contribution in [0.15, 0.2) is 48.5 Å². The lowest BCUT2D eigenvalue weighted by Gasteiger charge is -2.20. The molecule has 6 heteroatoms. The second kappa shape index (κ2) is 6.72. The number of nitrogens with zero attached hydrogens (tertiary/aromatic N) is 3. The predicted octanol–water partition coefficient (Wildman–Crippen LogP) is 2.65. The number of β-amino-alcohol motifs (C(OH)–C–C–N with tert-alkyl or cyclic N) is 1. The van der Waals surface area contributed by atoms with Crippen molar-refractivity contribution in [2.45, 2.75) is 12.5 Å². The number of fused-ring (bicyclic) bond motifs is 1. The van der Waals surface area contributed by atoms with Crippen LogP contribution in [0.5, 0.6) is 0 Å². The summed E-state index contributed by atoms with van der Waals surface area (Å²) in [5.41, 5.74) is 3.52. The van der Waals surface area contributed by atoms with Crippen molar-refractivity contribution in [3.8, 4) is 11.3 Å². The lowest BCUT2D eigenvalue weighted by Crippen LogP contribution is -2.23. The van der Waals surface area contributed by atoms with E-state index in [9.17, 15) is 9.90 Å². The van der Waals surface area contributed by atoms with E-state index < -0.39 is 5.97 Å². The molecule has 1 atom stereocenters. The van der Waals surface area contributed by atoms with Crippen LogP contribution in [0.2, 0.25) is 0 Å². The summed E-state index contributed by atoms with van der Waals surface area (Å²) in [6.07, 6.45) is 0.341. The number of methoxy groups -OCH3 is 1. The first-order chi connectivity index (χ1) is 12.7. The highest BCUT2D eigenvalue weighted by atomic mass is 16.5. The minimum absolute atomic E-state index is 0.363. The molecule has 26 heavy (non-hydrogen) atoms. The highest BCUT2D eigenvalue weighted by Crippen LogP contribution is 2.31. The van der Waals surface area contributed by atoms with Gasteiger partial charge in [-0.05, 0) is 24.6 Å². The maximum atomic E-state index is 11.8. The van der Waals surface area contributed by atoms with E-state index >= 15 is 0 Å². The Balaban J connectivity index is 1.89. The number of carbonyl (C=O) groups is 1. The fraction of sp³-hybridized carbons (Fsp3) is 0.250. The lowest BCUT2D eigenvalue weighted by atomic mass is 10.1. The molecule has 1 saturated heterocycles. The molecule has 1 fully saturated rings. The number of ether oxygens (including phenoxy) is 1. The van der Waals surface area contributed by atoms with Gasteiger partial charge in [0.05, 0.1) is 29.8 Å². The molecule has 0 saturated carbocycles. The van der Waals surface area contributed by atoms with E-state index in [0.29, 0.717) is 29.6 Å². The summed E-state index contributed by atoms with van der Waals surface area (Å²) >= 11 is 0. The van der Waals surface area contributed by atoms with Gasteiger partial charge in [0, 0.05) is 18.7 Å². The van der Waals surface area contributed by atoms with Crippen molar-refractivity contribution in [3.05, 3.63) is 54.1 Å². The Labute approximate surface area is 151 Å². The van der Waals surface area contributed by atoms with Gasteiger partial charge < -0.3 is 14.7 Å². The quantitative estimate of drug-likeness (QED) is 0.733. The van der Waals surface area contributed by atoms with Crippen LogP contribution in [-0.4, -0.2) is 47.3 Å². The van der Waals surface area contributed by atoms with Gasteiger partial charge in [0.15, 0.2) is 5.82 Å². The van der Waals surface area contributed by atoms with Gasteiger partial charge in [-0.25, -0.2) is 14.8 Å². The highest BCUT2D eigenvalue weighted by molar-refractivity contribution is 5.94. The standard InChI is InChI=1S/C20H19N3O3/c1-26-20(25)14-7-8-16-17(11-14)22-19(23-10-9-15(24)12-23)18(21-16)13-5-3-2-4-6-13/h2-8,11,15,24H,9-10,12H2,1H3. The van der Waals surface area contributed by atoms with E-state index in [0.717, 1.165) is 23.6 Å². The molecule has 1 N–H and O–H groups in total. The van der Waals surface area contributed by atoms with Gasteiger partial charge in [0.2, 0.25) is 0 Å². The van der Waals surface area contributed by atoms with Crippen molar-refractivity contribution >= 4 is 22.8 Å². The Bertz CT molecular complexity index is 959. The second-order valence-electron chi connectivity index (χ2n) is 6.35. The molecule has 0 amide bonds. The molecule has 0 aliphatic carbocycles. The van der Waals surface area contributed by atoms with Crippen molar-refractivity contribution in [3.63, 3.8) is 0 Å². The molecular formula is C20H19N3O3. The van der Waals surface area contributed by atoms with Crippen molar-refractivity contribution in [2.24, 2.45) is 0 Å². The van der Waals surface area contributed by atoms with E-state index in [2.05, 4.69) is 0 Å². The van der Waals surface area contributed by atoms with Crippen LogP contribution in [0.1, 0.15) is 16.8 Å². The molecule has 0 bridgehead atoms. The molecule has 2 heterocycles. The third kappa shape index (κ3) is 2.99. The Morgan fingerprint density at radius 1 is 1.15 bits per heavy atom. The van der Waals surface area contributed by atoms with Gasteiger partial charge in [-0.3, -0.25) is 0 Å². The summed E-state index contributed by atoms with van der Waals surface area (Å²) in [6.45, 7) is 1.24. The molecule has 1 aliphatic rings. The van der Waals surface area contributed by atoms with Gasteiger partial charge in [-0.1, -0.05) is 30.3 Å². The molecule has 1 aliphatic heterocycles. The van der Waals surface area contributed by atoms with Gasteiger partial charge in [-0.2, -0.15) is 0 Å². The molecule has 3 aromatic rings. The number of hydrogen-bond donors (Lipinski definition) is 1. The predicted molar refractivity (Wildman–Crippen MR) is 99.2 cm³/mol. The summed E-state index contributed by atoms with van der Waals surface area (Å²) in [4.78, 5) is 23.5. The van der Waals surface area contributed by atoms with Crippen molar-refractivity contribution in [1.82, 2.24) is 9.97 Å². The number of hydrogen-bond acceptors (Lipinski definition) is 6. The zero-order valence-corrected chi connectivity index (χ0v) is 14.4. The fourth-order valence-corrected chi connectivity index (χ4v) is 3.23. The Morgan fingerprint density at radius 2 is 1.96 bits per heavy atom. The topological polar surface area (TPSA) is 75.5 Å². The Kier molecular flexibility index (Phi) is 4.26. The van der Waals surface area contributed by atoms with Crippen LogP contribution in [0.3, 0.4) is 0 Å². The van der Waals surface area contributed by atoms with Gasteiger partial charge >= 0.3 is 5.97 Å². The monoisotopic (exact) mass is 349 g/mol. The number of aromatic nitrogens is 2. The van der Waals surface area contributed by atoms with Crippen LogP contribution in [0.4, 0.5) is 5.82 Å². The number of esters is 1. The molecule has 0 spiro atoms. The van der Waals surface area contributed by atoms with Crippen molar-refractivity contribution < 1.29 is 14.6 Å². The Morgan fingerprint density at radius 3 is 2.65 bits per heavy atom. The lowest BCUT2D eigenvalue weighted by molar-refractivity contribution is 0.0601. The van der Waals surface area contributed by atoms with Crippen LogP contribution >= 0.6 is 0 Å². The fourth-order valence-electron chi connectivity index (χ4n) is 3.23. The first-order valence-electron chi connectivity index (χ1n) is 8.54. The summed E-state index contributed by atoms with van der Waals surface area (Å²) in [5, 5.41) is 9.93. The van der Waals surface area contributed by atoms with Crippen molar-refractivity contribution in [2.75, 3.05) is 25.1 Å². The smallest absolute Gasteiger partial charge is 0.337 e. The normalized spacial score (nSPS) is 16.8. The molecule has 6 nitrogen and oxygen atoms in total. The zero-order chi connectivity index (χ0) is 18.1. The van der Waals surface area contributed by atoms with E-state index in [1.807, 2.05) is 35.2 Å². The largest absolute Gasteiger partial charge is 0.465 e. The summed E-state index contributed by atoms with van der Waals surface area (Å²) in [5.74, 6) is 0.321. The first-order valence-corrected chi connectivity index (χ1v) is 8.54. The molecule has 2 aromatic carbocycles. The summed E-state index contributed by atoms with van der Waals surface area (Å²) in [6, 6.07) is 15.0. The Hall–Kier alpha value is -2.99. The molecule has 1 unspecified atom stereocenters. The van der Waals surface area contributed by atoms with Gasteiger partial charge in [0.1, 0.15) is 5.69 Å². The molecule has 132 valence electrons. The first kappa shape index (κ1) is 16.5. The van der Waals surface area contributed by atoms with Gasteiger partial charge in [0.25, 0.3) is 0 Å². The second-order valence-corrected chi connectivity index (χ2v) is 6.35. The number of benzene rings is 2. The maximum absolute atomic E-state index is 11.8. The summed E-state index contributed by atoms with van der Waals surface area (Å²) in [7, 11) is 1.35. The number of rotatable bonds is 3. The average Bonchev–Trinajstić information content (AvgIpc) is 3.12. The number of carbonyl (C=O) groups excluding carboxylic acids is 1. The van der Waals surface area contributed by atoms with Crippen LogP contribution < -0.4 is 4.90 Å². The SMILES string of the molecule is COC(=O)c1ccc2nc(-c3ccccc3)c(N3CCC(O)C3)nc2c1. The zero-order valence-electron chi connectivity index (χ0n) is 14.4. The highest BCUT2D eigenvalue weighted by Gasteiger charge is 2.25. The number of aliphatic hydroxyl groups excluding tert-OH is 1. The van der Waals surface area contributed by atoms with Gasteiger partial charge in [-0.15, -0.1) is 0 Å². The van der Waals surface area contributed by atoms with E-state index in [4.69, 9.17) is 14.7 Å². The number of aliphatic hydroxyl groups is 1. The van der Waals surface area contributed by atoms with Crippen LogP contribution in [0, 0.1) is 0 Å². The van der Waals surface area contributed by atoms with E-state index in [1.165, 1.54) is 7.11 Å². The third-order valence-corrected chi connectivity index (χ3v) is 4.58. The van der Waals surface area contributed by atoms with E-state index in [1.54, 1.807) is 18.2 Å². The molecule has 4 rings (SSSR count). The third-order valence-electron chi connectivity index (χ3n) is 4.58. The minimum Gasteiger partial charge on any atom is -0.465 e. The molecular weight excluding hydrogens is 330 g/mol. The van der Waals surface area contributed by atoms with Crippen LogP contribution in [0.25, 0.3) is 22.3 Å². The summed E-state index contributed by atoms with van der Waals surface area (Å²) < 4.78 is 4.79. The molecule has 0 radical (unpaired) electrons.